The van der Waals surface area contributed by atoms with Gasteiger partial charge in [-0.25, -0.2) is 0 Å². The first-order valence-electron chi connectivity index (χ1n) is 5.75. The highest BCUT2D eigenvalue weighted by Crippen LogP contribution is 2.52. The van der Waals surface area contributed by atoms with Gasteiger partial charge in [0.25, 0.3) is 0 Å². The van der Waals surface area contributed by atoms with Gasteiger partial charge >= 0.3 is 0 Å². The van der Waals surface area contributed by atoms with E-state index in [1.165, 1.54) is 38.8 Å². The third kappa shape index (κ3) is 0.962. The Morgan fingerprint density at radius 2 is 1.85 bits per heavy atom. The van der Waals surface area contributed by atoms with Crippen LogP contribution in [0.2, 0.25) is 0 Å². The van der Waals surface area contributed by atoms with Gasteiger partial charge in [-0.1, -0.05) is 6.92 Å². The van der Waals surface area contributed by atoms with Gasteiger partial charge in [0.15, 0.2) is 0 Å². The van der Waals surface area contributed by atoms with Crippen LogP contribution < -0.4 is 5.73 Å². The van der Waals surface area contributed by atoms with Crippen LogP contribution in [0.4, 0.5) is 0 Å². The van der Waals surface area contributed by atoms with E-state index in [2.05, 4.69) is 11.8 Å². The van der Waals surface area contributed by atoms with E-state index in [1.54, 1.807) is 0 Å². The van der Waals surface area contributed by atoms with Gasteiger partial charge in [-0.15, -0.1) is 0 Å². The van der Waals surface area contributed by atoms with Gasteiger partial charge in [-0.05, 0) is 50.6 Å². The predicted molar refractivity (Wildman–Crippen MR) is 53.4 cm³/mol. The summed E-state index contributed by atoms with van der Waals surface area (Å²) in [6.07, 6.45) is 5.53. The molecule has 0 aromatic heterocycles. The standard InChI is InChI=1S/C11H20N2/c1-8-9-2-6-13(7-3-9)11(4-5-11)10(8)12/h8-10H,2-7,12H2,1H3. The number of nitrogens with zero attached hydrogens (tertiary/aromatic N) is 1. The number of hydrogen-bond donors (Lipinski definition) is 1. The fourth-order valence-corrected chi connectivity index (χ4v) is 3.64. The highest BCUT2D eigenvalue weighted by atomic mass is 15.3. The minimum Gasteiger partial charge on any atom is -0.326 e. The van der Waals surface area contributed by atoms with Crippen molar-refractivity contribution in [3.63, 3.8) is 0 Å². The molecule has 0 amide bonds. The normalized spacial score (nSPS) is 52.2. The average Bonchev–Trinajstić information content (AvgIpc) is 2.97. The number of piperidine rings is 1. The molecule has 3 aliphatic heterocycles. The summed E-state index contributed by atoms with van der Waals surface area (Å²) in [4.78, 5) is 2.69. The number of hydrogen-bond acceptors (Lipinski definition) is 2. The summed E-state index contributed by atoms with van der Waals surface area (Å²) in [6, 6.07) is 0.461. The van der Waals surface area contributed by atoms with E-state index in [1.807, 2.05) is 0 Å². The SMILES string of the molecule is CC1C2CCN(CC2)C2(CC2)C1N. The molecule has 13 heavy (non-hydrogen) atoms. The van der Waals surface area contributed by atoms with E-state index in [4.69, 9.17) is 5.73 Å². The molecule has 2 bridgehead atoms. The van der Waals surface area contributed by atoms with Gasteiger partial charge in [-0.2, -0.15) is 0 Å². The Morgan fingerprint density at radius 3 is 2.38 bits per heavy atom. The molecule has 3 heterocycles. The van der Waals surface area contributed by atoms with Crippen molar-refractivity contribution in [1.82, 2.24) is 4.90 Å². The van der Waals surface area contributed by atoms with E-state index in [0.29, 0.717) is 11.6 Å². The van der Waals surface area contributed by atoms with Crippen LogP contribution in [0.1, 0.15) is 32.6 Å². The Balaban J connectivity index is 1.96. The third-order valence-corrected chi connectivity index (χ3v) is 4.86. The van der Waals surface area contributed by atoms with Crippen molar-refractivity contribution in [1.29, 1.82) is 0 Å². The molecule has 3 saturated heterocycles. The first-order chi connectivity index (χ1) is 6.24. The smallest absolute Gasteiger partial charge is 0.0364 e. The predicted octanol–water partition coefficient (Wildman–Crippen LogP) is 1.21. The fourth-order valence-electron chi connectivity index (χ4n) is 3.64. The van der Waals surface area contributed by atoms with Crippen molar-refractivity contribution >= 4 is 0 Å². The molecule has 1 spiro atoms. The maximum Gasteiger partial charge on any atom is 0.0364 e. The van der Waals surface area contributed by atoms with E-state index in [-0.39, 0.29) is 0 Å². The molecule has 74 valence electrons. The molecule has 4 rings (SSSR count). The van der Waals surface area contributed by atoms with Gasteiger partial charge in [0.1, 0.15) is 0 Å². The second kappa shape index (κ2) is 2.48. The number of fused-ring (bicyclic) bond motifs is 3. The summed E-state index contributed by atoms with van der Waals surface area (Å²) in [5, 5.41) is 0. The number of nitrogens with two attached hydrogens (primary N) is 1. The molecule has 1 aliphatic carbocycles. The Kier molecular flexibility index (Phi) is 1.58. The zero-order valence-electron chi connectivity index (χ0n) is 8.50. The van der Waals surface area contributed by atoms with Crippen LogP contribution in [0.15, 0.2) is 0 Å². The molecule has 2 nitrogen and oxygen atoms in total. The lowest BCUT2D eigenvalue weighted by Crippen LogP contribution is -2.50. The van der Waals surface area contributed by atoms with Crippen LogP contribution in [0.25, 0.3) is 0 Å². The van der Waals surface area contributed by atoms with Crippen LogP contribution in [0, 0.1) is 11.8 Å². The van der Waals surface area contributed by atoms with Crippen LogP contribution in [-0.2, 0) is 0 Å². The summed E-state index contributed by atoms with van der Waals surface area (Å²) < 4.78 is 0. The molecular formula is C11H20N2. The third-order valence-electron chi connectivity index (χ3n) is 4.86. The van der Waals surface area contributed by atoms with Gasteiger partial charge in [0.2, 0.25) is 0 Å². The van der Waals surface area contributed by atoms with Crippen molar-refractivity contribution < 1.29 is 0 Å². The largest absolute Gasteiger partial charge is 0.326 e. The van der Waals surface area contributed by atoms with Crippen LogP contribution in [-0.4, -0.2) is 29.6 Å². The fraction of sp³-hybridized carbons (Fsp3) is 1.00. The average molecular weight is 180 g/mol. The Morgan fingerprint density at radius 1 is 1.23 bits per heavy atom. The molecular weight excluding hydrogens is 160 g/mol. The van der Waals surface area contributed by atoms with Gasteiger partial charge in [0.05, 0.1) is 0 Å². The van der Waals surface area contributed by atoms with Crippen LogP contribution in [0.3, 0.4) is 0 Å². The summed E-state index contributed by atoms with van der Waals surface area (Å²) >= 11 is 0. The zero-order valence-corrected chi connectivity index (χ0v) is 8.50. The van der Waals surface area contributed by atoms with Crippen molar-refractivity contribution in [3.05, 3.63) is 0 Å². The lowest BCUT2D eigenvalue weighted by molar-refractivity contribution is 0.147. The van der Waals surface area contributed by atoms with Gasteiger partial charge in [-0.3, -0.25) is 4.90 Å². The van der Waals surface area contributed by atoms with E-state index < -0.39 is 0 Å². The topological polar surface area (TPSA) is 29.3 Å². The Labute approximate surface area is 80.5 Å². The summed E-state index contributed by atoms with van der Waals surface area (Å²) in [5.74, 6) is 1.68. The molecule has 1 saturated carbocycles. The van der Waals surface area contributed by atoms with Crippen molar-refractivity contribution in [3.8, 4) is 0 Å². The Bertz CT molecular complexity index is 214. The van der Waals surface area contributed by atoms with E-state index in [9.17, 15) is 0 Å². The molecule has 0 radical (unpaired) electrons. The highest BCUT2D eigenvalue weighted by molar-refractivity contribution is 5.15. The highest BCUT2D eigenvalue weighted by Gasteiger charge is 2.57. The van der Waals surface area contributed by atoms with E-state index in [0.717, 1.165) is 11.8 Å². The van der Waals surface area contributed by atoms with Crippen LogP contribution >= 0.6 is 0 Å². The molecule has 4 aliphatic rings. The monoisotopic (exact) mass is 180 g/mol. The second-order valence-corrected chi connectivity index (χ2v) is 5.31. The lowest BCUT2D eigenvalue weighted by Gasteiger charge is -2.34. The second-order valence-electron chi connectivity index (χ2n) is 5.31. The van der Waals surface area contributed by atoms with Gasteiger partial charge < -0.3 is 5.73 Å². The first kappa shape index (κ1) is 8.25. The summed E-state index contributed by atoms with van der Waals surface area (Å²) in [5.41, 5.74) is 6.86. The minimum absolute atomic E-state index is 0.461. The maximum absolute atomic E-state index is 6.40. The zero-order chi connectivity index (χ0) is 9.05. The Hall–Kier alpha value is -0.0800. The van der Waals surface area contributed by atoms with Crippen molar-refractivity contribution in [2.75, 3.05) is 13.1 Å². The number of rotatable bonds is 0. The molecule has 0 aromatic carbocycles. The van der Waals surface area contributed by atoms with Crippen molar-refractivity contribution in [2.24, 2.45) is 17.6 Å². The van der Waals surface area contributed by atoms with Crippen LogP contribution in [0.5, 0.6) is 0 Å². The van der Waals surface area contributed by atoms with E-state index >= 15 is 0 Å². The molecule has 2 atom stereocenters. The molecule has 0 aromatic rings. The molecule has 2 unspecified atom stereocenters. The minimum atomic E-state index is 0.461. The van der Waals surface area contributed by atoms with Gasteiger partial charge in [0, 0.05) is 11.6 Å². The lowest BCUT2D eigenvalue weighted by atomic mass is 9.82. The quantitative estimate of drug-likeness (QED) is 0.607. The molecule has 2 heteroatoms. The molecule has 4 fully saturated rings. The summed E-state index contributed by atoms with van der Waals surface area (Å²) in [6.45, 7) is 5.02. The first-order valence-corrected chi connectivity index (χ1v) is 5.75. The summed E-state index contributed by atoms with van der Waals surface area (Å²) in [7, 11) is 0. The van der Waals surface area contributed by atoms with Crippen molar-refractivity contribution in [2.45, 2.75) is 44.2 Å². The molecule has 2 N–H and O–H groups in total. The maximum atomic E-state index is 6.40.